The van der Waals surface area contributed by atoms with E-state index in [0.717, 1.165) is 11.8 Å². The average Bonchev–Trinajstić information content (AvgIpc) is 2.65. The average molecular weight is 338 g/mol. The summed E-state index contributed by atoms with van der Waals surface area (Å²) in [7, 11) is 1.58. The van der Waals surface area contributed by atoms with Crippen molar-refractivity contribution in [3.05, 3.63) is 59.7 Å². The van der Waals surface area contributed by atoms with Crippen molar-refractivity contribution in [1.29, 1.82) is 0 Å². The van der Waals surface area contributed by atoms with E-state index in [4.69, 9.17) is 4.74 Å². The molecule has 0 saturated carbocycles. The van der Waals surface area contributed by atoms with E-state index in [1.807, 2.05) is 12.1 Å². The fraction of sp³-hybridized carbons (Fsp3) is 0.211. The summed E-state index contributed by atoms with van der Waals surface area (Å²) in [5, 5.41) is 0. The lowest BCUT2D eigenvalue weighted by Crippen LogP contribution is -2.52. The minimum absolute atomic E-state index is 0.200. The van der Waals surface area contributed by atoms with Crippen LogP contribution in [-0.2, 0) is 11.3 Å². The Hall–Kier alpha value is -3.15. The first-order valence-corrected chi connectivity index (χ1v) is 7.92. The smallest absolute Gasteiger partial charge is 0.331 e. The van der Waals surface area contributed by atoms with E-state index in [0.29, 0.717) is 23.5 Å². The summed E-state index contributed by atoms with van der Waals surface area (Å²) >= 11 is 0. The van der Waals surface area contributed by atoms with Gasteiger partial charge < -0.3 is 4.74 Å². The topological polar surface area (TPSA) is 66.9 Å². The number of carbonyl (C=O) groups is 3. The molecule has 1 aliphatic rings. The maximum atomic E-state index is 12.8. The van der Waals surface area contributed by atoms with Gasteiger partial charge in [-0.15, -0.1) is 0 Å². The highest BCUT2D eigenvalue weighted by atomic mass is 16.5. The monoisotopic (exact) mass is 338 g/mol. The van der Waals surface area contributed by atoms with Crippen LogP contribution in [0, 0.1) is 0 Å². The van der Waals surface area contributed by atoms with Crippen molar-refractivity contribution in [3.63, 3.8) is 0 Å². The molecule has 0 bridgehead atoms. The van der Waals surface area contributed by atoms with Gasteiger partial charge in [0, 0.05) is 24.2 Å². The molecule has 1 heterocycles. The summed E-state index contributed by atoms with van der Waals surface area (Å²) in [6, 6.07) is 13.6. The first-order chi connectivity index (χ1) is 12.1. The van der Waals surface area contributed by atoms with E-state index in [2.05, 4.69) is 0 Å². The zero-order chi connectivity index (χ0) is 17.8. The highest BCUT2D eigenvalue weighted by Crippen LogP contribution is 2.23. The van der Waals surface area contributed by atoms with Gasteiger partial charge in [-0.2, -0.15) is 0 Å². The number of amides is 3. The van der Waals surface area contributed by atoms with Gasteiger partial charge in [0.25, 0.3) is 0 Å². The van der Waals surface area contributed by atoms with Crippen LogP contribution in [0.1, 0.15) is 22.3 Å². The number of nitrogens with zero attached hydrogens (tertiary/aromatic N) is 2. The molecule has 1 fully saturated rings. The van der Waals surface area contributed by atoms with Crippen LogP contribution < -0.4 is 9.64 Å². The maximum Gasteiger partial charge on any atom is 0.331 e. The summed E-state index contributed by atoms with van der Waals surface area (Å²) < 4.78 is 5.11. The largest absolute Gasteiger partial charge is 0.497 e. The number of anilines is 1. The predicted octanol–water partition coefficient (Wildman–Crippen LogP) is 2.87. The summed E-state index contributed by atoms with van der Waals surface area (Å²) in [6.45, 7) is 0.505. The zero-order valence-electron chi connectivity index (χ0n) is 13.8. The van der Waals surface area contributed by atoms with Crippen LogP contribution in [0.3, 0.4) is 0 Å². The molecule has 6 nitrogen and oxygen atoms in total. The van der Waals surface area contributed by atoms with Crippen LogP contribution in [0.5, 0.6) is 5.75 Å². The zero-order valence-corrected chi connectivity index (χ0v) is 13.8. The number of hydrogen-bond donors (Lipinski definition) is 0. The summed E-state index contributed by atoms with van der Waals surface area (Å²) in [6.07, 6.45) is 0.978. The number of benzene rings is 2. The number of carbonyl (C=O) groups excluding carboxylic acids is 3. The van der Waals surface area contributed by atoms with Crippen LogP contribution in [0.25, 0.3) is 0 Å². The molecule has 25 heavy (non-hydrogen) atoms. The standard InChI is InChI=1S/C19H18N2O4/c1-25-17-7-5-14(6-8-17)12-21-18(23)9-10-20(19(21)24)16-4-2-3-15(11-16)13-22/h2-8,11,13H,9-10,12H2,1H3. The van der Waals surface area contributed by atoms with Gasteiger partial charge in [-0.1, -0.05) is 24.3 Å². The van der Waals surface area contributed by atoms with E-state index < -0.39 is 0 Å². The lowest BCUT2D eigenvalue weighted by Gasteiger charge is -2.34. The van der Waals surface area contributed by atoms with E-state index in [9.17, 15) is 14.4 Å². The molecule has 0 N–H and O–H groups in total. The summed E-state index contributed by atoms with van der Waals surface area (Å²) in [4.78, 5) is 38.7. The number of hydrogen-bond acceptors (Lipinski definition) is 4. The van der Waals surface area contributed by atoms with Crippen molar-refractivity contribution in [1.82, 2.24) is 4.90 Å². The SMILES string of the molecule is COc1ccc(CN2C(=O)CCN(c3cccc(C=O)c3)C2=O)cc1. The molecule has 3 amide bonds. The molecule has 128 valence electrons. The normalized spacial score (nSPS) is 14.6. The van der Waals surface area contributed by atoms with E-state index in [1.165, 1.54) is 9.80 Å². The molecule has 2 aromatic rings. The van der Waals surface area contributed by atoms with Gasteiger partial charge in [0.15, 0.2) is 0 Å². The van der Waals surface area contributed by atoms with Crippen molar-refractivity contribution in [2.75, 3.05) is 18.6 Å². The van der Waals surface area contributed by atoms with Gasteiger partial charge in [0.2, 0.25) is 5.91 Å². The fourth-order valence-electron chi connectivity index (χ4n) is 2.77. The van der Waals surface area contributed by atoms with Crippen LogP contribution in [0.2, 0.25) is 0 Å². The minimum Gasteiger partial charge on any atom is -0.497 e. The number of ether oxygens (including phenoxy) is 1. The number of imide groups is 1. The van der Waals surface area contributed by atoms with E-state index in [1.54, 1.807) is 43.5 Å². The Morgan fingerprint density at radius 3 is 2.56 bits per heavy atom. The minimum atomic E-state index is -0.380. The lowest BCUT2D eigenvalue weighted by atomic mass is 10.1. The van der Waals surface area contributed by atoms with E-state index >= 15 is 0 Å². The van der Waals surface area contributed by atoms with Crippen molar-refractivity contribution in [3.8, 4) is 5.75 Å². The second kappa shape index (κ2) is 7.17. The Labute approximate surface area is 145 Å². The Balaban J connectivity index is 1.81. The highest BCUT2D eigenvalue weighted by Gasteiger charge is 2.32. The first kappa shape index (κ1) is 16.7. The molecule has 1 saturated heterocycles. The molecular weight excluding hydrogens is 320 g/mol. The Bertz CT molecular complexity index is 801. The van der Waals surface area contributed by atoms with Gasteiger partial charge in [0.05, 0.1) is 13.7 Å². The molecule has 1 aliphatic heterocycles. The number of urea groups is 1. The molecule has 2 aromatic carbocycles. The van der Waals surface area contributed by atoms with E-state index in [-0.39, 0.29) is 24.9 Å². The van der Waals surface area contributed by atoms with Crippen LogP contribution in [0.4, 0.5) is 10.5 Å². The van der Waals surface area contributed by atoms with Crippen molar-refractivity contribution in [2.24, 2.45) is 0 Å². The fourth-order valence-corrected chi connectivity index (χ4v) is 2.77. The van der Waals surface area contributed by atoms with Gasteiger partial charge in [-0.3, -0.25) is 19.4 Å². The molecule has 0 aliphatic carbocycles. The van der Waals surface area contributed by atoms with Crippen molar-refractivity contribution >= 4 is 23.9 Å². The number of aldehydes is 1. The quantitative estimate of drug-likeness (QED) is 0.786. The van der Waals surface area contributed by atoms with Crippen molar-refractivity contribution < 1.29 is 19.1 Å². The molecule has 0 spiro atoms. The third-order valence-electron chi connectivity index (χ3n) is 4.13. The second-order valence-electron chi connectivity index (χ2n) is 5.73. The molecule has 3 rings (SSSR count). The molecular formula is C19H18N2O4. The van der Waals surface area contributed by atoms with Crippen LogP contribution in [0.15, 0.2) is 48.5 Å². The lowest BCUT2D eigenvalue weighted by molar-refractivity contribution is -0.129. The molecule has 0 radical (unpaired) electrons. The third kappa shape index (κ3) is 3.52. The molecule has 6 heteroatoms. The van der Waals surface area contributed by atoms with Gasteiger partial charge in [-0.05, 0) is 29.8 Å². The predicted molar refractivity (Wildman–Crippen MR) is 92.7 cm³/mol. The summed E-state index contributed by atoms with van der Waals surface area (Å²) in [5.41, 5.74) is 1.94. The van der Waals surface area contributed by atoms with Gasteiger partial charge in [-0.25, -0.2) is 4.79 Å². The number of methoxy groups -OCH3 is 1. The first-order valence-electron chi connectivity index (χ1n) is 7.92. The second-order valence-corrected chi connectivity index (χ2v) is 5.73. The van der Waals surface area contributed by atoms with Crippen LogP contribution in [-0.4, -0.2) is 36.8 Å². The van der Waals surface area contributed by atoms with Gasteiger partial charge in [0.1, 0.15) is 12.0 Å². The Morgan fingerprint density at radius 2 is 1.88 bits per heavy atom. The molecule has 0 aromatic heterocycles. The third-order valence-corrected chi connectivity index (χ3v) is 4.13. The molecule has 0 unspecified atom stereocenters. The maximum absolute atomic E-state index is 12.8. The van der Waals surface area contributed by atoms with Gasteiger partial charge >= 0.3 is 6.03 Å². The van der Waals surface area contributed by atoms with Crippen LogP contribution >= 0.6 is 0 Å². The number of rotatable bonds is 5. The Morgan fingerprint density at radius 1 is 1.12 bits per heavy atom. The highest BCUT2D eigenvalue weighted by molar-refractivity contribution is 6.05. The molecule has 0 atom stereocenters. The summed E-state index contributed by atoms with van der Waals surface area (Å²) in [5.74, 6) is 0.510. The van der Waals surface area contributed by atoms with Crippen molar-refractivity contribution in [2.45, 2.75) is 13.0 Å². The Kier molecular flexibility index (Phi) is 4.79.